The minimum atomic E-state index is 0.594. The van der Waals surface area contributed by atoms with Crippen molar-refractivity contribution < 1.29 is 0 Å². The van der Waals surface area contributed by atoms with E-state index in [1.54, 1.807) is 0 Å². The fourth-order valence-corrected chi connectivity index (χ4v) is 3.45. The van der Waals surface area contributed by atoms with Crippen molar-refractivity contribution in [2.45, 2.75) is 70.8 Å². The molecule has 1 heterocycles. The molecule has 0 radical (unpaired) electrons. The first-order valence-electron chi connectivity index (χ1n) is 8.42. The standard InChI is InChI=1S/C17H31N3/c1-4-15-12-17(20(3)19-15)13-16(18-2)11-10-14-8-6-5-7-9-14/h12,14,16,18H,4-11,13H2,1-3H3. The minimum Gasteiger partial charge on any atom is -0.317 e. The highest BCUT2D eigenvalue weighted by Crippen LogP contribution is 2.28. The Balaban J connectivity index is 1.83. The van der Waals surface area contributed by atoms with Gasteiger partial charge in [-0.3, -0.25) is 4.68 Å². The summed E-state index contributed by atoms with van der Waals surface area (Å²) in [5.74, 6) is 0.984. The molecule has 20 heavy (non-hydrogen) atoms. The predicted molar refractivity (Wildman–Crippen MR) is 84.9 cm³/mol. The van der Waals surface area contributed by atoms with Crippen LogP contribution in [0.15, 0.2) is 6.07 Å². The Morgan fingerprint density at radius 2 is 2.10 bits per heavy atom. The van der Waals surface area contributed by atoms with Crippen molar-refractivity contribution >= 4 is 0 Å². The number of aromatic nitrogens is 2. The van der Waals surface area contributed by atoms with Crippen LogP contribution in [0.1, 0.15) is 63.3 Å². The number of nitrogens with one attached hydrogen (secondary N) is 1. The molecule has 1 aliphatic carbocycles. The van der Waals surface area contributed by atoms with E-state index in [-0.39, 0.29) is 0 Å². The highest BCUT2D eigenvalue weighted by Gasteiger charge is 2.17. The first-order valence-corrected chi connectivity index (χ1v) is 8.42. The zero-order valence-corrected chi connectivity index (χ0v) is 13.5. The molecular weight excluding hydrogens is 246 g/mol. The Morgan fingerprint density at radius 3 is 2.70 bits per heavy atom. The lowest BCUT2D eigenvalue weighted by Gasteiger charge is -2.24. The van der Waals surface area contributed by atoms with Gasteiger partial charge in [-0.2, -0.15) is 5.10 Å². The molecule has 0 spiro atoms. The van der Waals surface area contributed by atoms with Crippen molar-refractivity contribution in [3.05, 3.63) is 17.5 Å². The molecule has 1 aromatic rings. The van der Waals surface area contributed by atoms with Crippen molar-refractivity contribution in [3.63, 3.8) is 0 Å². The normalized spacial score (nSPS) is 18.4. The summed E-state index contributed by atoms with van der Waals surface area (Å²) in [7, 11) is 4.17. The molecule has 3 heteroatoms. The van der Waals surface area contributed by atoms with E-state index in [1.807, 2.05) is 0 Å². The number of aryl methyl sites for hydroxylation is 2. The van der Waals surface area contributed by atoms with Crippen LogP contribution in [0, 0.1) is 5.92 Å². The highest BCUT2D eigenvalue weighted by molar-refractivity contribution is 5.11. The quantitative estimate of drug-likeness (QED) is 0.827. The van der Waals surface area contributed by atoms with Gasteiger partial charge in [-0.1, -0.05) is 39.0 Å². The predicted octanol–water partition coefficient (Wildman–Crippen LogP) is 3.47. The van der Waals surface area contributed by atoms with Crippen LogP contribution in [0.3, 0.4) is 0 Å². The monoisotopic (exact) mass is 277 g/mol. The summed E-state index contributed by atoms with van der Waals surface area (Å²) in [5.41, 5.74) is 2.58. The van der Waals surface area contributed by atoms with Crippen LogP contribution < -0.4 is 5.32 Å². The number of rotatable bonds is 7. The van der Waals surface area contributed by atoms with Crippen LogP contribution in [0.25, 0.3) is 0 Å². The van der Waals surface area contributed by atoms with Crippen LogP contribution in [0.2, 0.25) is 0 Å². The van der Waals surface area contributed by atoms with E-state index in [9.17, 15) is 0 Å². The van der Waals surface area contributed by atoms with Gasteiger partial charge in [0.15, 0.2) is 0 Å². The summed E-state index contributed by atoms with van der Waals surface area (Å²) in [6.45, 7) is 2.17. The lowest BCUT2D eigenvalue weighted by Crippen LogP contribution is -2.29. The van der Waals surface area contributed by atoms with E-state index in [0.717, 1.165) is 18.8 Å². The molecule has 0 saturated heterocycles. The summed E-state index contributed by atoms with van der Waals surface area (Å²) < 4.78 is 2.06. The summed E-state index contributed by atoms with van der Waals surface area (Å²) in [6.07, 6.45) is 12.1. The van der Waals surface area contributed by atoms with E-state index < -0.39 is 0 Å². The molecular formula is C17H31N3. The zero-order chi connectivity index (χ0) is 14.4. The number of hydrogen-bond donors (Lipinski definition) is 1. The molecule has 1 fully saturated rings. The van der Waals surface area contributed by atoms with E-state index in [1.165, 1.54) is 56.3 Å². The van der Waals surface area contributed by atoms with Gasteiger partial charge in [0.2, 0.25) is 0 Å². The van der Waals surface area contributed by atoms with Gasteiger partial charge < -0.3 is 5.32 Å². The molecule has 3 nitrogen and oxygen atoms in total. The molecule has 2 rings (SSSR count). The molecule has 114 valence electrons. The van der Waals surface area contributed by atoms with Gasteiger partial charge in [-0.15, -0.1) is 0 Å². The minimum absolute atomic E-state index is 0.594. The third-order valence-corrected chi connectivity index (χ3v) is 4.90. The maximum Gasteiger partial charge on any atom is 0.0624 e. The van der Waals surface area contributed by atoms with Crippen molar-refractivity contribution in [3.8, 4) is 0 Å². The van der Waals surface area contributed by atoms with Gasteiger partial charge in [0, 0.05) is 25.2 Å². The molecule has 1 aromatic heterocycles. The van der Waals surface area contributed by atoms with Gasteiger partial charge in [0.1, 0.15) is 0 Å². The van der Waals surface area contributed by atoms with Gasteiger partial charge in [0.05, 0.1) is 5.69 Å². The Morgan fingerprint density at radius 1 is 1.35 bits per heavy atom. The summed E-state index contributed by atoms with van der Waals surface area (Å²) in [5, 5.41) is 8.06. The Bertz CT molecular complexity index is 391. The second-order valence-corrected chi connectivity index (χ2v) is 6.38. The molecule has 1 N–H and O–H groups in total. The second kappa shape index (κ2) is 7.82. The lowest BCUT2D eigenvalue weighted by molar-refractivity contribution is 0.315. The van der Waals surface area contributed by atoms with Crippen molar-refractivity contribution in [1.82, 2.24) is 15.1 Å². The summed E-state index contributed by atoms with van der Waals surface area (Å²) in [6, 6.07) is 2.86. The molecule has 1 unspecified atom stereocenters. The maximum absolute atomic E-state index is 4.56. The Labute approximate surface area is 124 Å². The number of nitrogens with zero attached hydrogens (tertiary/aromatic N) is 2. The van der Waals surface area contributed by atoms with E-state index in [2.05, 4.69) is 42.2 Å². The van der Waals surface area contributed by atoms with Crippen LogP contribution in [0.5, 0.6) is 0 Å². The smallest absolute Gasteiger partial charge is 0.0624 e. The number of hydrogen-bond acceptors (Lipinski definition) is 2. The third-order valence-electron chi connectivity index (χ3n) is 4.90. The van der Waals surface area contributed by atoms with Gasteiger partial charge in [-0.25, -0.2) is 0 Å². The van der Waals surface area contributed by atoms with Crippen molar-refractivity contribution in [2.75, 3.05) is 7.05 Å². The van der Waals surface area contributed by atoms with Crippen molar-refractivity contribution in [2.24, 2.45) is 13.0 Å². The molecule has 1 aliphatic rings. The van der Waals surface area contributed by atoms with Crippen LogP contribution in [-0.2, 0) is 19.9 Å². The van der Waals surface area contributed by atoms with Crippen LogP contribution >= 0.6 is 0 Å². The molecule has 1 atom stereocenters. The molecule has 1 saturated carbocycles. The highest BCUT2D eigenvalue weighted by atomic mass is 15.3. The van der Waals surface area contributed by atoms with E-state index in [0.29, 0.717) is 6.04 Å². The fourth-order valence-electron chi connectivity index (χ4n) is 3.45. The maximum atomic E-state index is 4.56. The first kappa shape index (κ1) is 15.6. The largest absolute Gasteiger partial charge is 0.317 e. The van der Waals surface area contributed by atoms with E-state index >= 15 is 0 Å². The fraction of sp³-hybridized carbons (Fsp3) is 0.824. The van der Waals surface area contributed by atoms with Gasteiger partial charge in [-0.05, 0) is 38.3 Å². The summed E-state index contributed by atoms with van der Waals surface area (Å²) >= 11 is 0. The van der Waals surface area contributed by atoms with Gasteiger partial charge >= 0.3 is 0 Å². The second-order valence-electron chi connectivity index (χ2n) is 6.38. The Kier molecular flexibility index (Phi) is 6.08. The first-order chi connectivity index (χ1) is 9.72. The van der Waals surface area contributed by atoms with Crippen LogP contribution in [0.4, 0.5) is 0 Å². The molecule has 0 amide bonds. The van der Waals surface area contributed by atoms with Gasteiger partial charge in [0.25, 0.3) is 0 Å². The molecule has 0 aliphatic heterocycles. The Hall–Kier alpha value is -0.830. The average Bonchev–Trinajstić information content (AvgIpc) is 2.84. The topological polar surface area (TPSA) is 29.9 Å². The lowest BCUT2D eigenvalue weighted by atomic mass is 9.85. The average molecular weight is 277 g/mol. The SMILES string of the molecule is CCc1cc(CC(CCC2CCCCC2)NC)n(C)n1. The van der Waals surface area contributed by atoms with E-state index in [4.69, 9.17) is 0 Å². The third kappa shape index (κ3) is 4.34. The molecule has 0 aromatic carbocycles. The molecule has 0 bridgehead atoms. The zero-order valence-electron chi connectivity index (χ0n) is 13.5. The summed E-state index contributed by atoms with van der Waals surface area (Å²) in [4.78, 5) is 0. The van der Waals surface area contributed by atoms with Crippen molar-refractivity contribution in [1.29, 1.82) is 0 Å². The van der Waals surface area contributed by atoms with Crippen LogP contribution in [-0.4, -0.2) is 22.9 Å². The number of likely N-dealkylation sites (N-methyl/N-ethyl adjacent to an activating group) is 1.